The van der Waals surface area contributed by atoms with Gasteiger partial charge in [-0.3, -0.25) is 4.90 Å². The largest absolute Gasteiger partial charge is 0.463 e. The molecule has 4 nitrogen and oxygen atoms in total. The Morgan fingerprint density at radius 2 is 2.17 bits per heavy atom. The summed E-state index contributed by atoms with van der Waals surface area (Å²) < 4.78 is 11.4. The number of rotatable bonds is 5. The van der Waals surface area contributed by atoms with Crippen molar-refractivity contribution in [3.05, 3.63) is 23.2 Å². The lowest BCUT2D eigenvalue weighted by molar-refractivity contribution is 0.0111. The van der Waals surface area contributed by atoms with Gasteiger partial charge < -0.3 is 14.9 Å². The quantitative estimate of drug-likeness (QED) is 0.871. The van der Waals surface area contributed by atoms with E-state index in [0.29, 0.717) is 12.6 Å². The molecule has 0 radical (unpaired) electrons. The van der Waals surface area contributed by atoms with Crippen molar-refractivity contribution in [3.63, 3.8) is 0 Å². The van der Waals surface area contributed by atoms with Crippen molar-refractivity contribution in [2.75, 3.05) is 19.7 Å². The first-order valence-corrected chi connectivity index (χ1v) is 6.85. The SMILES string of the molecule is CCOC1CCN(Cc2cc(C)c(CN)o2)CC1. The molecule has 2 heterocycles. The summed E-state index contributed by atoms with van der Waals surface area (Å²) in [4.78, 5) is 2.42. The van der Waals surface area contributed by atoms with Crippen molar-refractivity contribution >= 4 is 0 Å². The van der Waals surface area contributed by atoms with Crippen LogP contribution in [-0.4, -0.2) is 30.7 Å². The molecular formula is C14H24N2O2. The van der Waals surface area contributed by atoms with E-state index < -0.39 is 0 Å². The number of aryl methyl sites for hydroxylation is 1. The lowest BCUT2D eigenvalue weighted by atomic mass is 10.1. The Kier molecular flexibility index (Phi) is 4.80. The molecule has 1 aromatic heterocycles. The highest BCUT2D eigenvalue weighted by molar-refractivity contribution is 5.19. The Morgan fingerprint density at radius 1 is 1.44 bits per heavy atom. The van der Waals surface area contributed by atoms with E-state index in [0.717, 1.165) is 56.2 Å². The van der Waals surface area contributed by atoms with Crippen molar-refractivity contribution in [2.45, 2.75) is 45.9 Å². The first kappa shape index (κ1) is 13.6. The molecular weight excluding hydrogens is 228 g/mol. The molecule has 0 saturated carbocycles. The van der Waals surface area contributed by atoms with Gasteiger partial charge in [-0.05, 0) is 38.3 Å². The number of furan rings is 1. The molecule has 1 aliphatic heterocycles. The van der Waals surface area contributed by atoms with Gasteiger partial charge in [0.2, 0.25) is 0 Å². The second-order valence-electron chi connectivity index (χ2n) is 4.95. The molecule has 1 saturated heterocycles. The van der Waals surface area contributed by atoms with Gasteiger partial charge in [0, 0.05) is 19.7 Å². The van der Waals surface area contributed by atoms with Gasteiger partial charge in [-0.1, -0.05) is 0 Å². The maximum atomic E-state index is 5.74. The van der Waals surface area contributed by atoms with Gasteiger partial charge in [-0.2, -0.15) is 0 Å². The Morgan fingerprint density at radius 3 is 2.72 bits per heavy atom. The first-order chi connectivity index (χ1) is 8.72. The molecule has 0 unspecified atom stereocenters. The Labute approximate surface area is 109 Å². The molecule has 1 aromatic rings. The van der Waals surface area contributed by atoms with Gasteiger partial charge in [-0.25, -0.2) is 0 Å². The Bertz CT molecular complexity index is 368. The average Bonchev–Trinajstić information content (AvgIpc) is 2.72. The number of piperidine rings is 1. The summed E-state index contributed by atoms with van der Waals surface area (Å²) in [6.45, 7) is 8.48. The summed E-state index contributed by atoms with van der Waals surface area (Å²) >= 11 is 0. The maximum absolute atomic E-state index is 5.74. The third kappa shape index (κ3) is 3.34. The van der Waals surface area contributed by atoms with Gasteiger partial charge in [0.25, 0.3) is 0 Å². The zero-order chi connectivity index (χ0) is 13.0. The minimum atomic E-state index is 0.448. The zero-order valence-corrected chi connectivity index (χ0v) is 11.4. The summed E-state index contributed by atoms with van der Waals surface area (Å²) in [7, 11) is 0. The summed E-state index contributed by atoms with van der Waals surface area (Å²) in [5, 5.41) is 0. The molecule has 0 bridgehead atoms. The molecule has 18 heavy (non-hydrogen) atoms. The second kappa shape index (κ2) is 6.36. The average molecular weight is 252 g/mol. The van der Waals surface area contributed by atoms with E-state index in [4.69, 9.17) is 14.9 Å². The molecule has 2 rings (SSSR count). The number of ether oxygens (including phenoxy) is 1. The van der Waals surface area contributed by atoms with Crippen molar-refractivity contribution < 1.29 is 9.15 Å². The number of hydrogen-bond donors (Lipinski definition) is 1. The highest BCUT2D eigenvalue weighted by Gasteiger charge is 2.20. The topological polar surface area (TPSA) is 51.6 Å². The zero-order valence-electron chi connectivity index (χ0n) is 11.4. The fraction of sp³-hybridized carbons (Fsp3) is 0.714. The van der Waals surface area contributed by atoms with Crippen LogP contribution in [0.1, 0.15) is 36.8 Å². The van der Waals surface area contributed by atoms with E-state index in [9.17, 15) is 0 Å². The normalized spacial score (nSPS) is 18.4. The van der Waals surface area contributed by atoms with Crippen LogP contribution in [0, 0.1) is 6.92 Å². The summed E-state index contributed by atoms with van der Waals surface area (Å²) in [5.41, 5.74) is 6.79. The van der Waals surface area contributed by atoms with E-state index in [1.807, 2.05) is 0 Å². The van der Waals surface area contributed by atoms with E-state index in [2.05, 4.69) is 24.8 Å². The highest BCUT2D eigenvalue weighted by Crippen LogP contribution is 2.19. The third-order valence-electron chi connectivity index (χ3n) is 3.57. The molecule has 2 N–H and O–H groups in total. The van der Waals surface area contributed by atoms with Crippen LogP contribution in [0.5, 0.6) is 0 Å². The van der Waals surface area contributed by atoms with Crippen LogP contribution in [0.25, 0.3) is 0 Å². The molecule has 0 aliphatic carbocycles. The number of hydrogen-bond acceptors (Lipinski definition) is 4. The third-order valence-corrected chi connectivity index (χ3v) is 3.57. The van der Waals surface area contributed by atoms with Gasteiger partial charge in [-0.15, -0.1) is 0 Å². The van der Waals surface area contributed by atoms with Crippen molar-refractivity contribution in [1.82, 2.24) is 4.90 Å². The molecule has 0 aromatic carbocycles. The van der Waals surface area contributed by atoms with Crippen LogP contribution in [0.3, 0.4) is 0 Å². The van der Waals surface area contributed by atoms with Crippen LogP contribution in [0.4, 0.5) is 0 Å². The molecule has 0 atom stereocenters. The van der Waals surface area contributed by atoms with Crippen LogP contribution in [0.2, 0.25) is 0 Å². The van der Waals surface area contributed by atoms with Gasteiger partial charge in [0.1, 0.15) is 11.5 Å². The van der Waals surface area contributed by atoms with Crippen LogP contribution in [0.15, 0.2) is 10.5 Å². The van der Waals surface area contributed by atoms with Gasteiger partial charge >= 0.3 is 0 Å². The molecule has 1 fully saturated rings. The number of nitrogens with zero attached hydrogens (tertiary/aromatic N) is 1. The highest BCUT2D eigenvalue weighted by atomic mass is 16.5. The minimum absolute atomic E-state index is 0.448. The molecule has 1 aliphatic rings. The molecule has 0 spiro atoms. The van der Waals surface area contributed by atoms with E-state index in [1.165, 1.54) is 0 Å². The molecule has 0 amide bonds. The Balaban J connectivity index is 1.83. The summed E-state index contributed by atoms with van der Waals surface area (Å²) in [6.07, 6.45) is 2.69. The van der Waals surface area contributed by atoms with E-state index in [-0.39, 0.29) is 0 Å². The maximum Gasteiger partial charge on any atom is 0.120 e. The lowest BCUT2D eigenvalue weighted by Gasteiger charge is -2.31. The summed E-state index contributed by atoms with van der Waals surface area (Å²) in [6, 6.07) is 2.11. The first-order valence-electron chi connectivity index (χ1n) is 6.85. The monoisotopic (exact) mass is 252 g/mol. The van der Waals surface area contributed by atoms with Crippen molar-refractivity contribution in [2.24, 2.45) is 5.73 Å². The molecule has 102 valence electrons. The van der Waals surface area contributed by atoms with Gasteiger partial charge in [0.15, 0.2) is 0 Å². The second-order valence-corrected chi connectivity index (χ2v) is 4.95. The van der Waals surface area contributed by atoms with Crippen LogP contribution in [-0.2, 0) is 17.8 Å². The van der Waals surface area contributed by atoms with E-state index >= 15 is 0 Å². The van der Waals surface area contributed by atoms with Crippen molar-refractivity contribution in [3.8, 4) is 0 Å². The van der Waals surface area contributed by atoms with Crippen molar-refractivity contribution in [1.29, 1.82) is 0 Å². The van der Waals surface area contributed by atoms with Crippen LogP contribution >= 0.6 is 0 Å². The van der Waals surface area contributed by atoms with Crippen LogP contribution < -0.4 is 5.73 Å². The fourth-order valence-electron chi connectivity index (χ4n) is 2.56. The molecule has 4 heteroatoms. The minimum Gasteiger partial charge on any atom is -0.463 e. The standard InChI is InChI=1S/C14H24N2O2/c1-3-17-12-4-6-16(7-5-12)10-13-8-11(2)14(9-15)18-13/h8,12H,3-7,9-10,15H2,1-2H3. The van der Waals surface area contributed by atoms with Gasteiger partial charge in [0.05, 0.1) is 19.2 Å². The number of likely N-dealkylation sites (tertiary alicyclic amines) is 1. The fourth-order valence-corrected chi connectivity index (χ4v) is 2.56. The summed E-state index contributed by atoms with van der Waals surface area (Å²) in [5.74, 6) is 1.94. The lowest BCUT2D eigenvalue weighted by Crippen LogP contribution is -2.36. The predicted molar refractivity (Wildman–Crippen MR) is 71.3 cm³/mol. The van der Waals surface area contributed by atoms with E-state index in [1.54, 1.807) is 0 Å². The predicted octanol–water partition coefficient (Wildman–Crippen LogP) is 2.05. The smallest absolute Gasteiger partial charge is 0.120 e. The number of nitrogens with two attached hydrogens (primary N) is 1. The Hall–Kier alpha value is -0.840.